The van der Waals surface area contributed by atoms with E-state index in [1.54, 1.807) is 40.2 Å². The lowest BCUT2D eigenvalue weighted by Gasteiger charge is -2.16. The molecule has 1 atom stereocenters. The van der Waals surface area contributed by atoms with E-state index in [-0.39, 0.29) is 11.9 Å². The minimum Gasteiger partial charge on any atom is -0.493 e. The molecule has 0 amide bonds. The Morgan fingerprint density at radius 2 is 1.83 bits per heavy atom. The van der Waals surface area contributed by atoms with Crippen molar-refractivity contribution in [1.82, 2.24) is 0 Å². The summed E-state index contributed by atoms with van der Waals surface area (Å²) in [5.41, 5.74) is 0.811. The normalized spacial score (nSPS) is 11.8. The number of carbonyl (C=O) groups excluding carboxylic acids is 1. The van der Waals surface area contributed by atoms with Gasteiger partial charge >= 0.3 is 5.97 Å². The molecule has 0 N–H and O–H groups in total. The molecule has 0 heterocycles. The third-order valence-electron chi connectivity index (χ3n) is 2.61. The van der Waals surface area contributed by atoms with Gasteiger partial charge in [-0.15, -0.1) is 0 Å². The van der Waals surface area contributed by atoms with Gasteiger partial charge in [0.25, 0.3) is 0 Å². The molecular weight excluding hydrogens is 300 g/mol. The second-order valence-electron chi connectivity index (χ2n) is 3.70. The Morgan fingerprint density at radius 3 is 2.33 bits per heavy atom. The molecule has 100 valence electrons. The highest BCUT2D eigenvalue weighted by atomic mass is 79.9. The molecule has 1 aromatic carbocycles. The van der Waals surface area contributed by atoms with Crippen molar-refractivity contribution in [3.8, 4) is 11.5 Å². The molecule has 5 heteroatoms. The molecule has 0 aliphatic heterocycles. The lowest BCUT2D eigenvalue weighted by molar-refractivity contribution is -0.144. The first-order chi connectivity index (χ1) is 8.54. The number of rotatable bonds is 5. The summed E-state index contributed by atoms with van der Waals surface area (Å²) in [6.07, 6.45) is 0. The van der Waals surface area contributed by atoms with Crippen LogP contribution < -0.4 is 9.47 Å². The summed E-state index contributed by atoms with van der Waals surface area (Å²) in [5.74, 6) is 0.584. The quantitative estimate of drug-likeness (QED) is 0.783. The number of benzene rings is 1. The van der Waals surface area contributed by atoms with Crippen LogP contribution in [0.2, 0.25) is 0 Å². The second kappa shape index (κ2) is 6.64. The van der Waals surface area contributed by atoms with E-state index in [4.69, 9.17) is 14.2 Å². The van der Waals surface area contributed by atoms with E-state index in [1.807, 2.05) is 0 Å². The SMILES string of the molecule is CCOC(=O)C(C)c1cc(OC)c(OC)cc1Br. The molecule has 0 saturated carbocycles. The molecule has 1 rings (SSSR count). The van der Waals surface area contributed by atoms with E-state index in [1.165, 1.54) is 0 Å². The highest BCUT2D eigenvalue weighted by Crippen LogP contribution is 2.36. The Kier molecular flexibility index (Phi) is 5.47. The van der Waals surface area contributed by atoms with Crippen LogP contribution >= 0.6 is 15.9 Å². The number of methoxy groups -OCH3 is 2. The predicted molar refractivity (Wildman–Crippen MR) is 72.3 cm³/mol. The van der Waals surface area contributed by atoms with Crippen LogP contribution in [-0.4, -0.2) is 26.8 Å². The van der Waals surface area contributed by atoms with E-state index >= 15 is 0 Å². The van der Waals surface area contributed by atoms with Crippen molar-refractivity contribution in [3.05, 3.63) is 22.2 Å². The summed E-state index contributed by atoms with van der Waals surface area (Å²) in [7, 11) is 3.13. The molecule has 0 spiro atoms. The second-order valence-corrected chi connectivity index (χ2v) is 4.56. The molecule has 4 nitrogen and oxygen atoms in total. The summed E-state index contributed by atoms with van der Waals surface area (Å²) in [4.78, 5) is 11.7. The van der Waals surface area contributed by atoms with Gasteiger partial charge in [0.1, 0.15) is 0 Å². The van der Waals surface area contributed by atoms with Gasteiger partial charge in [-0.05, 0) is 31.5 Å². The molecule has 0 aliphatic carbocycles. The van der Waals surface area contributed by atoms with Crippen LogP contribution in [0, 0.1) is 0 Å². The lowest BCUT2D eigenvalue weighted by Crippen LogP contribution is -2.13. The summed E-state index contributed by atoms with van der Waals surface area (Å²) in [6.45, 7) is 3.95. The van der Waals surface area contributed by atoms with Crippen molar-refractivity contribution in [2.24, 2.45) is 0 Å². The number of esters is 1. The third kappa shape index (κ3) is 3.16. The number of halogens is 1. The van der Waals surface area contributed by atoms with Gasteiger partial charge in [0.05, 0.1) is 26.7 Å². The van der Waals surface area contributed by atoms with Crippen LogP contribution in [0.4, 0.5) is 0 Å². The van der Waals surface area contributed by atoms with Gasteiger partial charge in [-0.25, -0.2) is 0 Å². The van der Waals surface area contributed by atoms with Gasteiger partial charge in [0, 0.05) is 4.47 Å². The van der Waals surface area contributed by atoms with Crippen LogP contribution in [0.15, 0.2) is 16.6 Å². The Balaban J connectivity index is 3.12. The summed E-state index contributed by atoms with van der Waals surface area (Å²) in [6, 6.07) is 3.56. The van der Waals surface area contributed by atoms with Gasteiger partial charge in [-0.1, -0.05) is 15.9 Å². The van der Waals surface area contributed by atoms with Gasteiger partial charge in [-0.2, -0.15) is 0 Å². The predicted octanol–water partition coefficient (Wildman–Crippen LogP) is 3.13. The van der Waals surface area contributed by atoms with Gasteiger partial charge in [0.2, 0.25) is 0 Å². The average molecular weight is 317 g/mol. The molecule has 0 aliphatic rings. The average Bonchev–Trinajstić information content (AvgIpc) is 2.37. The summed E-state index contributed by atoms with van der Waals surface area (Å²) in [5, 5.41) is 0. The fraction of sp³-hybridized carbons (Fsp3) is 0.462. The Hall–Kier alpha value is -1.23. The number of ether oxygens (including phenoxy) is 3. The van der Waals surface area contributed by atoms with Crippen LogP contribution in [0.1, 0.15) is 25.3 Å². The van der Waals surface area contributed by atoms with Crippen molar-refractivity contribution < 1.29 is 19.0 Å². The monoisotopic (exact) mass is 316 g/mol. The summed E-state index contributed by atoms with van der Waals surface area (Å²) >= 11 is 3.43. The fourth-order valence-corrected chi connectivity index (χ4v) is 2.26. The molecule has 0 saturated heterocycles. The van der Waals surface area contributed by atoms with Crippen molar-refractivity contribution >= 4 is 21.9 Å². The molecule has 0 fully saturated rings. The van der Waals surface area contributed by atoms with Crippen LogP contribution in [0.3, 0.4) is 0 Å². The largest absolute Gasteiger partial charge is 0.493 e. The molecule has 1 unspecified atom stereocenters. The smallest absolute Gasteiger partial charge is 0.313 e. The highest BCUT2D eigenvalue weighted by Gasteiger charge is 2.21. The van der Waals surface area contributed by atoms with E-state index < -0.39 is 0 Å². The van der Waals surface area contributed by atoms with Crippen molar-refractivity contribution in [2.45, 2.75) is 19.8 Å². The summed E-state index contributed by atoms with van der Waals surface area (Å²) < 4.78 is 16.2. The van der Waals surface area contributed by atoms with E-state index in [2.05, 4.69) is 15.9 Å². The molecule has 0 aromatic heterocycles. The maximum atomic E-state index is 11.7. The molecular formula is C13H17BrO4. The number of carbonyl (C=O) groups is 1. The van der Waals surface area contributed by atoms with Crippen LogP contribution in [0.25, 0.3) is 0 Å². The van der Waals surface area contributed by atoms with Crippen molar-refractivity contribution in [2.75, 3.05) is 20.8 Å². The first-order valence-corrected chi connectivity index (χ1v) is 6.42. The van der Waals surface area contributed by atoms with Gasteiger partial charge < -0.3 is 14.2 Å². The van der Waals surface area contributed by atoms with Gasteiger partial charge in [0.15, 0.2) is 11.5 Å². The minimum absolute atomic E-state index is 0.259. The number of hydrogen-bond donors (Lipinski definition) is 0. The first kappa shape index (κ1) is 14.8. The first-order valence-electron chi connectivity index (χ1n) is 5.63. The standard InChI is InChI=1S/C13H17BrO4/c1-5-18-13(15)8(2)9-6-11(16-3)12(17-4)7-10(9)14/h6-8H,5H2,1-4H3. The Bertz CT molecular complexity index is 431. The van der Waals surface area contributed by atoms with Crippen LogP contribution in [-0.2, 0) is 9.53 Å². The molecule has 0 bridgehead atoms. The van der Waals surface area contributed by atoms with E-state index in [0.29, 0.717) is 18.1 Å². The zero-order valence-electron chi connectivity index (χ0n) is 11.0. The van der Waals surface area contributed by atoms with E-state index in [9.17, 15) is 4.79 Å². The molecule has 0 radical (unpaired) electrons. The van der Waals surface area contributed by atoms with Crippen molar-refractivity contribution in [3.63, 3.8) is 0 Å². The zero-order valence-corrected chi connectivity index (χ0v) is 12.5. The molecule has 1 aromatic rings. The van der Waals surface area contributed by atoms with Crippen LogP contribution in [0.5, 0.6) is 11.5 Å². The zero-order chi connectivity index (χ0) is 13.7. The minimum atomic E-state index is -0.362. The van der Waals surface area contributed by atoms with E-state index in [0.717, 1.165) is 10.0 Å². The topological polar surface area (TPSA) is 44.8 Å². The number of hydrogen-bond acceptors (Lipinski definition) is 4. The highest BCUT2D eigenvalue weighted by molar-refractivity contribution is 9.10. The lowest BCUT2D eigenvalue weighted by atomic mass is 10.0. The Morgan fingerprint density at radius 1 is 1.28 bits per heavy atom. The van der Waals surface area contributed by atoms with Crippen molar-refractivity contribution in [1.29, 1.82) is 0 Å². The maximum Gasteiger partial charge on any atom is 0.313 e. The Labute approximate surface area is 115 Å². The third-order valence-corrected chi connectivity index (χ3v) is 3.30. The molecule has 18 heavy (non-hydrogen) atoms. The fourth-order valence-electron chi connectivity index (χ4n) is 1.60. The van der Waals surface area contributed by atoms with Gasteiger partial charge in [-0.3, -0.25) is 4.79 Å². The maximum absolute atomic E-state index is 11.7.